The van der Waals surface area contributed by atoms with Gasteiger partial charge >= 0.3 is 19.8 Å². The summed E-state index contributed by atoms with van der Waals surface area (Å²) in [5.41, 5.74) is 0. The van der Waals surface area contributed by atoms with Gasteiger partial charge in [-0.25, -0.2) is 6.14 Å². The molecule has 0 bridgehead atoms. The van der Waals surface area contributed by atoms with Crippen molar-refractivity contribution < 1.29 is 11.2 Å². The predicted molar refractivity (Wildman–Crippen MR) is 57.2 cm³/mol. The van der Waals surface area contributed by atoms with Gasteiger partial charge in [0, 0.05) is 0 Å². The van der Waals surface area contributed by atoms with Crippen molar-refractivity contribution in [3.05, 3.63) is 24.7 Å². The molecule has 0 amide bonds. The van der Waals surface area contributed by atoms with Gasteiger partial charge in [0.25, 0.3) is 0 Å². The summed E-state index contributed by atoms with van der Waals surface area (Å²) in [7, 11) is 0. The van der Waals surface area contributed by atoms with Crippen LogP contribution in [0.3, 0.4) is 0 Å². The SMILES string of the molecule is O=I(=O)c1c(Cl)cc(Cl)c(Cl)c1O. The van der Waals surface area contributed by atoms with E-state index < -0.39 is 25.5 Å². The maximum atomic E-state index is 10.7. The molecule has 3 nitrogen and oxygen atoms in total. The quantitative estimate of drug-likeness (QED) is 0.617. The largest absolute Gasteiger partial charge is 0.505 e. The number of rotatable bonds is 1. The Labute approximate surface area is 95.7 Å². The summed E-state index contributed by atoms with van der Waals surface area (Å²) in [6, 6.07) is 1.18. The van der Waals surface area contributed by atoms with Crippen molar-refractivity contribution in [2.24, 2.45) is 0 Å². The van der Waals surface area contributed by atoms with Gasteiger partial charge in [-0.05, 0) is 6.07 Å². The molecule has 0 unspecified atom stereocenters. The molecular formula is C6H2Cl3IO3. The second-order valence-corrected chi connectivity index (χ2v) is 5.55. The van der Waals surface area contributed by atoms with Crippen LogP contribution in [0.4, 0.5) is 0 Å². The van der Waals surface area contributed by atoms with Gasteiger partial charge in [-0.2, -0.15) is 0 Å². The molecule has 7 heteroatoms. The minimum Gasteiger partial charge on any atom is -0.505 e. The summed E-state index contributed by atoms with van der Waals surface area (Å²) in [5, 5.41) is 8.98. The van der Waals surface area contributed by atoms with Crippen molar-refractivity contribution in [2.75, 3.05) is 0 Å². The fourth-order valence-electron chi connectivity index (χ4n) is 0.707. The van der Waals surface area contributed by atoms with E-state index in [0.29, 0.717) is 0 Å². The molecule has 0 saturated carbocycles. The van der Waals surface area contributed by atoms with Crippen molar-refractivity contribution in [3.63, 3.8) is 0 Å². The standard InChI is InChI=1S/C6H2Cl3IO3/c7-2-1-3(8)5(10(12)13)6(11)4(2)9/h1,11H. The van der Waals surface area contributed by atoms with E-state index in [2.05, 4.69) is 0 Å². The van der Waals surface area contributed by atoms with Gasteiger partial charge in [-0.15, -0.1) is 0 Å². The molecule has 0 atom stereocenters. The van der Waals surface area contributed by atoms with Crippen LogP contribution in [0.5, 0.6) is 5.75 Å². The smallest absolute Gasteiger partial charge is 0.346 e. The summed E-state index contributed by atoms with van der Waals surface area (Å²) in [6.07, 6.45) is 0. The topological polar surface area (TPSA) is 54.4 Å². The van der Waals surface area contributed by atoms with Crippen LogP contribution in [0.1, 0.15) is 0 Å². The van der Waals surface area contributed by atoms with Crippen LogP contribution in [0, 0.1) is 3.57 Å². The second kappa shape index (κ2) is 4.16. The highest BCUT2D eigenvalue weighted by Crippen LogP contribution is 2.42. The first-order chi connectivity index (χ1) is 5.95. The van der Waals surface area contributed by atoms with Gasteiger partial charge < -0.3 is 5.11 Å². The van der Waals surface area contributed by atoms with Gasteiger partial charge in [0.1, 0.15) is 8.59 Å². The van der Waals surface area contributed by atoms with E-state index in [9.17, 15) is 11.2 Å². The summed E-state index contributed by atoms with van der Waals surface area (Å²) in [4.78, 5) is 0. The van der Waals surface area contributed by atoms with E-state index in [1.807, 2.05) is 0 Å². The Morgan fingerprint density at radius 3 is 2.15 bits per heavy atom. The first-order valence-corrected chi connectivity index (χ1v) is 6.84. The molecule has 1 aromatic rings. The molecule has 1 aromatic carbocycles. The fourth-order valence-corrected chi connectivity index (χ4v) is 3.12. The Kier molecular flexibility index (Phi) is 3.62. The molecule has 0 aliphatic carbocycles. The molecule has 0 saturated heterocycles. The molecule has 72 valence electrons. The van der Waals surface area contributed by atoms with E-state index in [1.54, 1.807) is 0 Å². The highest BCUT2D eigenvalue weighted by molar-refractivity contribution is 14.2. The lowest BCUT2D eigenvalue weighted by Crippen LogP contribution is -1.81. The third-order valence-corrected chi connectivity index (χ3v) is 4.61. The normalized spacial score (nSPS) is 10.8. The second-order valence-electron chi connectivity index (χ2n) is 2.03. The van der Waals surface area contributed by atoms with E-state index in [0.717, 1.165) is 0 Å². The molecule has 0 aliphatic rings. The third kappa shape index (κ3) is 2.18. The van der Waals surface area contributed by atoms with Gasteiger partial charge in [0.2, 0.25) is 0 Å². The molecule has 0 fully saturated rings. The van der Waals surface area contributed by atoms with E-state index >= 15 is 0 Å². The molecule has 0 aromatic heterocycles. The van der Waals surface area contributed by atoms with Crippen molar-refractivity contribution in [1.82, 2.24) is 0 Å². The van der Waals surface area contributed by atoms with Gasteiger partial charge in [0.05, 0.1) is 10.0 Å². The van der Waals surface area contributed by atoms with Gasteiger partial charge in [0.15, 0.2) is 5.75 Å². The predicted octanol–water partition coefficient (Wildman–Crippen LogP) is 3.72. The molecule has 13 heavy (non-hydrogen) atoms. The van der Waals surface area contributed by atoms with Crippen LogP contribution >= 0.6 is 54.6 Å². The minimum atomic E-state index is -3.85. The van der Waals surface area contributed by atoms with Crippen LogP contribution in [-0.4, -0.2) is 5.11 Å². The Balaban J connectivity index is 3.62. The molecule has 0 aliphatic heterocycles. The zero-order valence-electron chi connectivity index (χ0n) is 5.85. The highest BCUT2D eigenvalue weighted by atomic mass is 127. The summed E-state index contributed by atoms with van der Waals surface area (Å²) in [5.74, 6) is -0.575. The van der Waals surface area contributed by atoms with Gasteiger partial charge in [-0.3, -0.25) is 0 Å². The lowest BCUT2D eigenvalue weighted by Gasteiger charge is -2.02. The van der Waals surface area contributed by atoms with Crippen molar-refractivity contribution in [1.29, 1.82) is 0 Å². The molecule has 0 radical (unpaired) electrons. The van der Waals surface area contributed by atoms with Crippen LogP contribution in [0.25, 0.3) is 0 Å². The molecule has 0 spiro atoms. The number of hydrogen-bond acceptors (Lipinski definition) is 3. The van der Waals surface area contributed by atoms with E-state index in [-0.39, 0.29) is 18.6 Å². The zero-order valence-corrected chi connectivity index (χ0v) is 10.3. The Hall–Kier alpha value is 0.220. The summed E-state index contributed by atoms with van der Waals surface area (Å²) >= 11 is 12.7. The van der Waals surface area contributed by atoms with E-state index in [4.69, 9.17) is 34.8 Å². The maximum Gasteiger partial charge on any atom is 0.346 e. The summed E-state index contributed by atoms with van der Waals surface area (Å²) in [6.45, 7) is 0. The van der Waals surface area contributed by atoms with Crippen LogP contribution in [0.2, 0.25) is 15.1 Å². The molecular weight excluding hydrogens is 353 g/mol. The number of phenols is 1. The Morgan fingerprint density at radius 2 is 1.69 bits per heavy atom. The summed E-state index contributed by atoms with van der Waals surface area (Å²) < 4.78 is 21.1. The monoisotopic (exact) mass is 354 g/mol. The minimum absolute atomic E-state index is 0.0191. The number of benzene rings is 1. The number of aromatic hydroxyl groups is 1. The third-order valence-electron chi connectivity index (χ3n) is 1.24. The molecule has 0 heterocycles. The average Bonchev–Trinajstić information content (AvgIpc) is 1.99. The molecule has 1 N–H and O–H groups in total. The number of halogens is 4. The number of phenolic OH excluding ortho intramolecular Hbond substituents is 1. The molecule has 1 rings (SSSR count). The first kappa shape index (κ1) is 11.3. The van der Waals surface area contributed by atoms with Crippen molar-refractivity contribution in [2.45, 2.75) is 0 Å². The average molecular weight is 355 g/mol. The highest BCUT2D eigenvalue weighted by Gasteiger charge is 2.18. The van der Waals surface area contributed by atoms with Crippen LogP contribution in [0.15, 0.2) is 6.07 Å². The number of hydrogen-bond donors (Lipinski definition) is 1. The Morgan fingerprint density at radius 1 is 1.15 bits per heavy atom. The van der Waals surface area contributed by atoms with Crippen LogP contribution < -0.4 is 0 Å². The van der Waals surface area contributed by atoms with Crippen LogP contribution in [-0.2, 0) is 6.14 Å². The first-order valence-electron chi connectivity index (χ1n) is 2.87. The van der Waals surface area contributed by atoms with Crippen molar-refractivity contribution >= 4 is 54.6 Å². The zero-order chi connectivity index (χ0) is 10.2. The Bertz CT molecular complexity index is 420. The fraction of sp³-hybridized carbons (Fsp3) is 0. The van der Waals surface area contributed by atoms with E-state index in [1.165, 1.54) is 6.07 Å². The lowest BCUT2D eigenvalue weighted by atomic mass is 10.3. The van der Waals surface area contributed by atoms with Gasteiger partial charge in [-0.1, -0.05) is 34.8 Å². The van der Waals surface area contributed by atoms with Crippen molar-refractivity contribution in [3.8, 4) is 5.75 Å². The maximum absolute atomic E-state index is 10.7. The lowest BCUT2D eigenvalue weighted by molar-refractivity contribution is 0.471.